The maximum Gasteiger partial charge on any atom is 0.328 e. The second-order valence-electron chi connectivity index (χ2n) is 5.63. The van der Waals surface area contributed by atoms with Crippen molar-refractivity contribution in [3.05, 3.63) is 23.8 Å². The average Bonchev–Trinajstić information content (AvgIpc) is 2.47. The van der Waals surface area contributed by atoms with Gasteiger partial charge in [-0.15, -0.1) is 0 Å². The zero-order chi connectivity index (χ0) is 17.2. The van der Waals surface area contributed by atoms with Crippen molar-refractivity contribution in [2.75, 3.05) is 18.1 Å². The fourth-order valence-electron chi connectivity index (χ4n) is 2.48. The van der Waals surface area contributed by atoms with E-state index in [4.69, 9.17) is 14.6 Å². The third-order valence-electron chi connectivity index (χ3n) is 3.50. The second kappa shape index (κ2) is 6.32. The number of carbonyl (C=O) groups excluding carboxylic acids is 1. The van der Waals surface area contributed by atoms with Crippen LogP contribution in [0.15, 0.2) is 18.2 Å². The van der Waals surface area contributed by atoms with E-state index in [1.165, 1.54) is 6.08 Å². The highest BCUT2D eigenvalue weighted by atomic mass is 16.5. The maximum atomic E-state index is 12.5. The number of fused-ring (bicyclic) bond motifs is 1. The number of hydrogen-bond donors (Lipinski definition) is 1. The van der Waals surface area contributed by atoms with Crippen molar-refractivity contribution in [3.8, 4) is 11.5 Å². The van der Waals surface area contributed by atoms with Gasteiger partial charge in [-0.2, -0.15) is 0 Å². The standard InChI is InChI=1S/C17H21NO5/c1-5-18-12-9-11(7-8-14(19)20)10-13(22-6-2)15(12)23-17(3,4)16(18)21/h7-10H,5-6H2,1-4H3,(H,19,20)/b8-7+. The Labute approximate surface area is 135 Å². The minimum atomic E-state index is -1.04. The minimum absolute atomic E-state index is 0.144. The number of carboxylic acid groups (broad SMARTS) is 1. The van der Waals surface area contributed by atoms with Gasteiger partial charge in [-0.1, -0.05) is 0 Å². The van der Waals surface area contributed by atoms with Crippen LogP contribution in [0.25, 0.3) is 6.08 Å². The third kappa shape index (κ3) is 3.31. The number of rotatable bonds is 5. The fourth-order valence-corrected chi connectivity index (χ4v) is 2.48. The Hall–Kier alpha value is -2.50. The average molecular weight is 319 g/mol. The monoisotopic (exact) mass is 319 g/mol. The van der Waals surface area contributed by atoms with Gasteiger partial charge >= 0.3 is 5.97 Å². The summed E-state index contributed by atoms with van der Waals surface area (Å²) >= 11 is 0. The number of nitrogens with zero attached hydrogens (tertiary/aromatic N) is 1. The van der Waals surface area contributed by atoms with Crippen molar-refractivity contribution in [1.29, 1.82) is 0 Å². The molecule has 0 aliphatic carbocycles. The van der Waals surface area contributed by atoms with E-state index in [9.17, 15) is 9.59 Å². The van der Waals surface area contributed by atoms with E-state index < -0.39 is 11.6 Å². The zero-order valence-corrected chi connectivity index (χ0v) is 13.8. The van der Waals surface area contributed by atoms with Crippen LogP contribution in [0.2, 0.25) is 0 Å². The number of carbonyl (C=O) groups is 2. The number of hydrogen-bond acceptors (Lipinski definition) is 4. The van der Waals surface area contributed by atoms with Crippen LogP contribution < -0.4 is 14.4 Å². The van der Waals surface area contributed by atoms with Gasteiger partial charge in [0.1, 0.15) is 0 Å². The Bertz CT molecular complexity index is 663. The molecule has 0 radical (unpaired) electrons. The Kier molecular flexibility index (Phi) is 4.63. The molecule has 0 bridgehead atoms. The first kappa shape index (κ1) is 16.9. The summed E-state index contributed by atoms with van der Waals surface area (Å²) in [5.41, 5.74) is 0.241. The van der Waals surface area contributed by atoms with E-state index >= 15 is 0 Å². The molecule has 23 heavy (non-hydrogen) atoms. The lowest BCUT2D eigenvalue weighted by molar-refractivity contribution is -0.133. The van der Waals surface area contributed by atoms with Crippen LogP contribution in [0.3, 0.4) is 0 Å². The van der Waals surface area contributed by atoms with E-state index in [0.29, 0.717) is 35.9 Å². The Morgan fingerprint density at radius 1 is 1.39 bits per heavy atom. The van der Waals surface area contributed by atoms with Crippen LogP contribution in [0.5, 0.6) is 11.5 Å². The lowest BCUT2D eigenvalue weighted by Crippen LogP contribution is -2.52. The van der Waals surface area contributed by atoms with Crippen molar-refractivity contribution < 1.29 is 24.2 Å². The predicted octanol–water partition coefficient (Wildman–Crippen LogP) is 2.71. The van der Waals surface area contributed by atoms with E-state index in [0.717, 1.165) is 6.08 Å². The molecular weight excluding hydrogens is 298 g/mol. The van der Waals surface area contributed by atoms with E-state index in [-0.39, 0.29) is 5.91 Å². The predicted molar refractivity (Wildman–Crippen MR) is 87.0 cm³/mol. The van der Waals surface area contributed by atoms with Gasteiger partial charge < -0.3 is 19.5 Å². The summed E-state index contributed by atoms with van der Waals surface area (Å²) in [4.78, 5) is 24.9. The fraction of sp³-hybridized carbons (Fsp3) is 0.412. The van der Waals surface area contributed by atoms with Crippen LogP contribution in [0, 0.1) is 0 Å². The number of likely N-dealkylation sites (N-methyl/N-ethyl adjacent to an activating group) is 1. The van der Waals surface area contributed by atoms with Crippen LogP contribution >= 0.6 is 0 Å². The highest BCUT2D eigenvalue weighted by Crippen LogP contribution is 2.45. The van der Waals surface area contributed by atoms with Gasteiger partial charge in [0.05, 0.1) is 12.3 Å². The molecule has 1 amide bonds. The molecule has 0 unspecified atom stereocenters. The molecule has 6 nitrogen and oxygen atoms in total. The second-order valence-corrected chi connectivity index (χ2v) is 5.63. The highest BCUT2D eigenvalue weighted by molar-refractivity contribution is 6.03. The number of anilines is 1. The molecule has 1 heterocycles. The lowest BCUT2D eigenvalue weighted by atomic mass is 10.0. The van der Waals surface area contributed by atoms with Crippen molar-refractivity contribution in [3.63, 3.8) is 0 Å². The number of carboxylic acids is 1. The summed E-state index contributed by atoms with van der Waals surface area (Å²) in [6.45, 7) is 8.08. The number of amides is 1. The molecule has 6 heteroatoms. The molecule has 0 saturated heterocycles. The Morgan fingerprint density at radius 2 is 2.09 bits per heavy atom. The molecule has 0 atom stereocenters. The summed E-state index contributed by atoms with van der Waals surface area (Å²) in [6, 6.07) is 3.44. The molecule has 1 aliphatic heterocycles. The topological polar surface area (TPSA) is 76.1 Å². The molecule has 0 aromatic heterocycles. The van der Waals surface area contributed by atoms with Crippen LogP contribution in [-0.2, 0) is 9.59 Å². The molecule has 1 aromatic carbocycles. The van der Waals surface area contributed by atoms with Crippen molar-refractivity contribution >= 4 is 23.6 Å². The number of aliphatic carboxylic acids is 1. The highest BCUT2D eigenvalue weighted by Gasteiger charge is 2.41. The summed E-state index contributed by atoms with van der Waals surface area (Å²) < 4.78 is 11.5. The van der Waals surface area contributed by atoms with Crippen molar-refractivity contribution in [2.24, 2.45) is 0 Å². The first-order valence-electron chi connectivity index (χ1n) is 7.53. The summed E-state index contributed by atoms with van der Waals surface area (Å²) in [5.74, 6) is -0.185. The summed E-state index contributed by atoms with van der Waals surface area (Å²) in [5, 5.41) is 8.79. The number of benzene rings is 1. The minimum Gasteiger partial charge on any atom is -0.490 e. The van der Waals surface area contributed by atoms with Gasteiger partial charge in [-0.05, 0) is 51.5 Å². The number of ether oxygens (including phenoxy) is 2. The van der Waals surface area contributed by atoms with Gasteiger partial charge in [0.15, 0.2) is 17.1 Å². The Morgan fingerprint density at radius 3 is 2.65 bits per heavy atom. The van der Waals surface area contributed by atoms with E-state index in [2.05, 4.69) is 0 Å². The van der Waals surface area contributed by atoms with Gasteiger partial charge in [0.25, 0.3) is 5.91 Å². The lowest BCUT2D eigenvalue weighted by Gasteiger charge is -2.39. The first-order valence-corrected chi connectivity index (χ1v) is 7.53. The molecule has 1 aliphatic rings. The van der Waals surface area contributed by atoms with E-state index in [1.54, 1.807) is 30.9 Å². The SMILES string of the molecule is CCOc1cc(/C=C/C(=O)O)cc2c1OC(C)(C)C(=O)N2CC. The van der Waals surface area contributed by atoms with Crippen molar-refractivity contribution in [1.82, 2.24) is 0 Å². The molecular formula is C17H21NO5. The molecule has 0 fully saturated rings. The molecule has 124 valence electrons. The smallest absolute Gasteiger partial charge is 0.328 e. The zero-order valence-electron chi connectivity index (χ0n) is 13.8. The van der Waals surface area contributed by atoms with E-state index in [1.807, 2.05) is 13.8 Å². The first-order chi connectivity index (χ1) is 10.8. The van der Waals surface area contributed by atoms with Crippen molar-refractivity contribution in [2.45, 2.75) is 33.3 Å². The normalized spacial score (nSPS) is 16.2. The molecule has 1 aromatic rings. The summed E-state index contributed by atoms with van der Waals surface area (Å²) in [7, 11) is 0. The van der Waals surface area contributed by atoms with Gasteiger partial charge in [0, 0.05) is 12.6 Å². The summed E-state index contributed by atoms with van der Waals surface area (Å²) in [6.07, 6.45) is 2.51. The molecule has 0 saturated carbocycles. The van der Waals surface area contributed by atoms with Crippen LogP contribution in [-0.4, -0.2) is 35.7 Å². The Balaban J connectivity index is 2.61. The van der Waals surface area contributed by atoms with Crippen LogP contribution in [0.1, 0.15) is 33.3 Å². The molecule has 1 N–H and O–H groups in total. The quantitative estimate of drug-likeness (QED) is 0.845. The largest absolute Gasteiger partial charge is 0.490 e. The van der Waals surface area contributed by atoms with Crippen LogP contribution in [0.4, 0.5) is 5.69 Å². The third-order valence-corrected chi connectivity index (χ3v) is 3.50. The van der Waals surface area contributed by atoms with Gasteiger partial charge in [-0.3, -0.25) is 4.79 Å². The van der Waals surface area contributed by atoms with Gasteiger partial charge in [-0.25, -0.2) is 4.79 Å². The molecule has 2 rings (SSSR count). The maximum absolute atomic E-state index is 12.5. The van der Waals surface area contributed by atoms with Gasteiger partial charge in [0.2, 0.25) is 0 Å². The molecule has 0 spiro atoms.